The molecule has 32 heavy (non-hydrogen) atoms. The first-order chi connectivity index (χ1) is 14.5. The fraction of sp³-hybridized carbons (Fsp3) is 0.545. The van der Waals surface area contributed by atoms with Crippen molar-refractivity contribution in [2.45, 2.75) is 51.4 Å². The summed E-state index contributed by atoms with van der Waals surface area (Å²) in [5.41, 5.74) is 0.0321. The molecule has 1 fully saturated rings. The molecule has 1 aliphatic rings. The molecule has 3 rings (SSSR count). The molecule has 178 valence electrons. The number of aromatic nitrogens is 2. The third-order valence-electron chi connectivity index (χ3n) is 5.14. The van der Waals surface area contributed by atoms with Gasteiger partial charge < -0.3 is 15.0 Å². The fourth-order valence-electron chi connectivity index (χ4n) is 3.77. The van der Waals surface area contributed by atoms with Gasteiger partial charge in [0.05, 0.1) is 11.8 Å². The van der Waals surface area contributed by atoms with Crippen molar-refractivity contribution in [3.8, 4) is 5.75 Å². The molecular formula is C22H31F3IN5O. The number of aliphatic imine (C=N–C) groups is 1. The Hall–Kier alpha value is -1.98. The maximum atomic E-state index is 13.7. The zero-order chi connectivity index (χ0) is 22.8. The molecule has 10 heteroatoms. The molecule has 6 nitrogen and oxygen atoms in total. The van der Waals surface area contributed by atoms with Crippen LogP contribution in [0.5, 0.6) is 5.75 Å². The third kappa shape index (κ3) is 6.76. The molecule has 1 aliphatic heterocycles. The number of hydrogen-bond donors (Lipinski definition) is 1. The summed E-state index contributed by atoms with van der Waals surface area (Å²) in [6.45, 7) is 6.95. The van der Waals surface area contributed by atoms with Crippen LogP contribution in [0.1, 0.15) is 49.8 Å². The minimum Gasteiger partial charge on any atom is -0.488 e. The van der Waals surface area contributed by atoms with Gasteiger partial charge in [-0.2, -0.15) is 18.3 Å². The number of halogens is 4. The Labute approximate surface area is 204 Å². The average molecular weight is 565 g/mol. The van der Waals surface area contributed by atoms with Gasteiger partial charge in [0.25, 0.3) is 0 Å². The van der Waals surface area contributed by atoms with Gasteiger partial charge in [0.1, 0.15) is 11.4 Å². The van der Waals surface area contributed by atoms with E-state index in [0.717, 1.165) is 31.1 Å². The number of ether oxygens (including phenoxy) is 1. The average Bonchev–Trinajstić information content (AvgIpc) is 3.30. The monoisotopic (exact) mass is 565 g/mol. The minimum atomic E-state index is -4.48. The normalized spacial score (nSPS) is 17.3. The van der Waals surface area contributed by atoms with Crippen molar-refractivity contribution in [2.75, 3.05) is 20.1 Å². The summed E-state index contributed by atoms with van der Waals surface area (Å²) >= 11 is 0. The third-order valence-corrected chi connectivity index (χ3v) is 5.14. The number of benzene rings is 1. The molecule has 1 aromatic heterocycles. The van der Waals surface area contributed by atoms with Crippen LogP contribution in [0.25, 0.3) is 0 Å². The summed E-state index contributed by atoms with van der Waals surface area (Å²) in [5.74, 6) is 1.12. The van der Waals surface area contributed by atoms with E-state index < -0.39 is 17.3 Å². The molecule has 0 radical (unpaired) electrons. The van der Waals surface area contributed by atoms with Crippen molar-refractivity contribution < 1.29 is 17.9 Å². The van der Waals surface area contributed by atoms with E-state index in [2.05, 4.69) is 20.3 Å². The first-order valence-corrected chi connectivity index (χ1v) is 10.3. The number of hydrogen-bond acceptors (Lipinski definition) is 3. The van der Waals surface area contributed by atoms with Gasteiger partial charge in [-0.1, -0.05) is 6.07 Å². The number of aryl methyl sites for hydroxylation is 1. The summed E-state index contributed by atoms with van der Waals surface area (Å²) in [6, 6.07) is 4.11. The highest BCUT2D eigenvalue weighted by atomic mass is 127. The standard InChI is InChI=1S/C22H30F3N5O.HI/c1-21(2,3)31-18-7-6-15(19(10-18)22(23,24)25)11-27-20(26-4)30-9-8-16(14-30)17-12-28-29(5)13-17;/h6-7,10,12-13,16H,8-9,11,14H2,1-5H3,(H,26,27);1H. The van der Waals surface area contributed by atoms with Crippen LogP contribution in [0.2, 0.25) is 0 Å². The van der Waals surface area contributed by atoms with E-state index in [1.165, 1.54) is 6.07 Å². The lowest BCUT2D eigenvalue weighted by Crippen LogP contribution is -2.39. The lowest BCUT2D eigenvalue weighted by atomic mass is 10.0. The summed E-state index contributed by atoms with van der Waals surface area (Å²) in [4.78, 5) is 6.35. The second-order valence-electron chi connectivity index (χ2n) is 8.81. The van der Waals surface area contributed by atoms with Crippen molar-refractivity contribution in [1.82, 2.24) is 20.0 Å². The minimum absolute atomic E-state index is 0. The highest BCUT2D eigenvalue weighted by molar-refractivity contribution is 14.0. The van der Waals surface area contributed by atoms with Gasteiger partial charge >= 0.3 is 6.18 Å². The van der Waals surface area contributed by atoms with Crippen molar-refractivity contribution >= 4 is 29.9 Å². The zero-order valence-electron chi connectivity index (χ0n) is 19.0. The van der Waals surface area contributed by atoms with E-state index in [-0.39, 0.29) is 41.8 Å². The topological polar surface area (TPSA) is 54.7 Å². The molecule has 0 saturated carbocycles. The number of rotatable bonds is 4. The number of guanidine groups is 1. The van der Waals surface area contributed by atoms with Crippen molar-refractivity contribution in [3.63, 3.8) is 0 Å². The van der Waals surface area contributed by atoms with Gasteiger partial charge in [0.15, 0.2) is 5.96 Å². The van der Waals surface area contributed by atoms with Crippen LogP contribution in [0.3, 0.4) is 0 Å². The van der Waals surface area contributed by atoms with Crippen LogP contribution < -0.4 is 10.1 Å². The highest BCUT2D eigenvalue weighted by Gasteiger charge is 2.34. The first kappa shape index (κ1) is 26.3. The predicted molar refractivity (Wildman–Crippen MR) is 130 cm³/mol. The van der Waals surface area contributed by atoms with Gasteiger partial charge in [0.2, 0.25) is 0 Å². The second-order valence-corrected chi connectivity index (χ2v) is 8.81. The lowest BCUT2D eigenvalue weighted by molar-refractivity contribution is -0.138. The van der Waals surface area contributed by atoms with Crippen molar-refractivity contribution in [1.29, 1.82) is 0 Å². The lowest BCUT2D eigenvalue weighted by Gasteiger charge is -2.24. The van der Waals surface area contributed by atoms with E-state index >= 15 is 0 Å². The summed E-state index contributed by atoms with van der Waals surface area (Å²) < 4.78 is 48.4. The predicted octanol–water partition coefficient (Wildman–Crippen LogP) is 4.80. The molecule has 0 aliphatic carbocycles. The van der Waals surface area contributed by atoms with E-state index in [1.807, 2.05) is 19.4 Å². The highest BCUT2D eigenvalue weighted by Crippen LogP contribution is 2.35. The molecule has 1 atom stereocenters. The van der Waals surface area contributed by atoms with Gasteiger partial charge in [-0.25, -0.2) is 0 Å². The molecule has 1 N–H and O–H groups in total. The zero-order valence-corrected chi connectivity index (χ0v) is 21.4. The van der Waals surface area contributed by atoms with E-state index in [9.17, 15) is 13.2 Å². The van der Waals surface area contributed by atoms with E-state index in [4.69, 9.17) is 4.74 Å². The van der Waals surface area contributed by atoms with Crippen LogP contribution in [0.15, 0.2) is 35.6 Å². The van der Waals surface area contributed by atoms with Crippen LogP contribution in [-0.2, 0) is 19.8 Å². The van der Waals surface area contributed by atoms with E-state index in [0.29, 0.717) is 11.9 Å². The molecule has 1 saturated heterocycles. The van der Waals surface area contributed by atoms with Crippen molar-refractivity contribution in [3.05, 3.63) is 47.3 Å². The largest absolute Gasteiger partial charge is 0.488 e. The van der Waals surface area contributed by atoms with Crippen LogP contribution in [-0.4, -0.2) is 46.4 Å². The maximum absolute atomic E-state index is 13.7. The quantitative estimate of drug-likeness (QED) is 0.329. The number of alkyl halides is 3. The van der Waals surface area contributed by atoms with Crippen LogP contribution >= 0.6 is 24.0 Å². The van der Waals surface area contributed by atoms with Crippen LogP contribution in [0, 0.1) is 0 Å². The van der Waals surface area contributed by atoms with Gasteiger partial charge in [0, 0.05) is 45.8 Å². The summed E-state index contributed by atoms with van der Waals surface area (Å²) in [7, 11) is 3.53. The molecule has 2 heterocycles. The fourth-order valence-corrected chi connectivity index (χ4v) is 3.77. The number of nitrogens with zero attached hydrogens (tertiary/aromatic N) is 4. The van der Waals surface area contributed by atoms with Gasteiger partial charge in [-0.3, -0.25) is 9.67 Å². The smallest absolute Gasteiger partial charge is 0.416 e. The molecular weight excluding hydrogens is 534 g/mol. The molecule has 2 aromatic rings. The second kappa shape index (κ2) is 10.3. The van der Waals surface area contributed by atoms with Gasteiger partial charge in [-0.05, 0) is 50.5 Å². The molecule has 0 amide bonds. The van der Waals surface area contributed by atoms with Gasteiger partial charge in [-0.15, -0.1) is 24.0 Å². The molecule has 1 aromatic carbocycles. The first-order valence-electron chi connectivity index (χ1n) is 10.3. The number of nitrogens with one attached hydrogen (secondary N) is 1. The summed E-state index contributed by atoms with van der Waals surface area (Å²) in [5, 5.41) is 7.32. The Bertz CT molecular complexity index is 936. The maximum Gasteiger partial charge on any atom is 0.416 e. The van der Waals surface area contributed by atoms with E-state index in [1.54, 1.807) is 38.6 Å². The van der Waals surface area contributed by atoms with Crippen LogP contribution in [0.4, 0.5) is 13.2 Å². The molecule has 0 spiro atoms. The Kier molecular flexibility index (Phi) is 8.46. The SMILES string of the molecule is CN=C(NCc1ccc(OC(C)(C)C)cc1C(F)(F)F)N1CCC(c2cnn(C)c2)C1.I. The molecule has 0 bridgehead atoms. The Morgan fingerprint density at radius 2 is 2.00 bits per heavy atom. The van der Waals surface area contributed by atoms with Crippen molar-refractivity contribution in [2.24, 2.45) is 12.0 Å². The Morgan fingerprint density at radius 3 is 2.56 bits per heavy atom. The number of likely N-dealkylation sites (tertiary alicyclic amines) is 1. The molecule has 1 unspecified atom stereocenters. The Morgan fingerprint density at radius 1 is 1.28 bits per heavy atom. The Balaban J connectivity index is 0.00000363. The summed E-state index contributed by atoms with van der Waals surface area (Å²) in [6.07, 6.45) is 0.332.